The number of non-ortho nitro benzene ring substituents is 1. The summed E-state index contributed by atoms with van der Waals surface area (Å²) in [5.74, 6) is 0.830. The lowest BCUT2D eigenvalue weighted by molar-refractivity contribution is -0.384. The Balaban J connectivity index is 1.74. The zero-order chi connectivity index (χ0) is 20.9. The predicted octanol–water partition coefficient (Wildman–Crippen LogP) is 6.93. The van der Waals surface area contributed by atoms with Crippen LogP contribution in [0.4, 0.5) is 11.4 Å². The number of hydrogen-bond acceptors (Lipinski definition) is 5. The van der Waals surface area contributed by atoms with Crippen molar-refractivity contribution >= 4 is 33.5 Å². The van der Waals surface area contributed by atoms with E-state index in [1.165, 1.54) is 50.7 Å². The predicted molar refractivity (Wildman–Crippen MR) is 122 cm³/mol. The molecule has 0 bridgehead atoms. The average molecular weight is 462 g/mol. The van der Waals surface area contributed by atoms with Gasteiger partial charge in [0, 0.05) is 12.1 Å². The second-order valence-electron chi connectivity index (χ2n) is 6.83. The SMILES string of the molecule is CCCCCCCCCOc1ccc(C=NNc2ccc([N+](=O)[O-])cc2)cc1Br. The maximum Gasteiger partial charge on any atom is 0.269 e. The van der Waals surface area contributed by atoms with Crippen molar-refractivity contribution in [2.24, 2.45) is 5.10 Å². The summed E-state index contributed by atoms with van der Waals surface area (Å²) in [5.41, 5.74) is 4.50. The molecule has 0 spiro atoms. The number of benzene rings is 2. The number of halogens is 1. The Hall–Kier alpha value is -2.41. The Bertz CT molecular complexity index is 794. The highest BCUT2D eigenvalue weighted by molar-refractivity contribution is 9.10. The van der Waals surface area contributed by atoms with E-state index >= 15 is 0 Å². The van der Waals surface area contributed by atoms with Gasteiger partial charge < -0.3 is 4.74 Å². The molecule has 0 atom stereocenters. The molecule has 2 rings (SSSR count). The maximum atomic E-state index is 10.7. The van der Waals surface area contributed by atoms with Crippen molar-refractivity contribution in [3.05, 3.63) is 62.6 Å². The van der Waals surface area contributed by atoms with E-state index in [1.54, 1.807) is 18.3 Å². The van der Waals surface area contributed by atoms with Gasteiger partial charge in [0.2, 0.25) is 0 Å². The second kappa shape index (κ2) is 12.9. The molecule has 1 N–H and O–H groups in total. The quantitative estimate of drug-likeness (QED) is 0.152. The van der Waals surface area contributed by atoms with Crippen LogP contribution < -0.4 is 10.2 Å². The number of ether oxygens (including phenoxy) is 1. The summed E-state index contributed by atoms with van der Waals surface area (Å²) in [4.78, 5) is 10.2. The molecule has 2 aromatic rings. The summed E-state index contributed by atoms with van der Waals surface area (Å²) < 4.78 is 6.75. The molecule has 0 unspecified atom stereocenters. The van der Waals surface area contributed by atoms with Crippen LogP contribution in [0, 0.1) is 10.1 Å². The molecule has 0 amide bonds. The number of nitrogens with one attached hydrogen (secondary N) is 1. The van der Waals surface area contributed by atoms with Crippen LogP contribution >= 0.6 is 15.9 Å². The molecular weight excluding hydrogens is 434 g/mol. The van der Waals surface area contributed by atoms with E-state index in [0.717, 1.165) is 28.8 Å². The molecule has 0 fully saturated rings. The van der Waals surface area contributed by atoms with Crippen molar-refractivity contribution in [2.75, 3.05) is 12.0 Å². The Labute approximate surface area is 180 Å². The minimum Gasteiger partial charge on any atom is -0.492 e. The number of nitrogens with zero attached hydrogens (tertiary/aromatic N) is 2. The number of nitro groups is 1. The highest BCUT2D eigenvalue weighted by Gasteiger charge is 2.04. The highest BCUT2D eigenvalue weighted by Crippen LogP contribution is 2.26. The van der Waals surface area contributed by atoms with Crippen molar-refractivity contribution in [1.82, 2.24) is 0 Å². The zero-order valence-corrected chi connectivity index (χ0v) is 18.4. The summed E-state index contributed by atoms with van der Waals surface area (Å²) in [6, 6.07) is 11.9. The minimum atomic E-state index is -0.429. The fourth-order valence-electron chi connectivity index (χ4n) is 2.79. The Morgan fingerprint density at radius 2 is 1.76 bits per heavy atom. The average Bonchev–Trinajstić information content (AvgIpc) is 2.71. The molecule has 156 valence electrons. The first kappa shape index (κ1) is 22.9. The van der Waals surface area contributed by atoms with Crippen LogP contribution in [0.25, 0.3) is 0 Å². The largest absolute Gasteiger partial charge is 0.492 e. The van der Waals surface area contributed by atoms with Crippen LogP contribution in [-0.4, -0.2) is 17.7 Å². The van der Waals surface area contributed by atoms with Gasteiger partial charge in [0.1, 0.15) is 5.75 Å². The normalized spacial score (nSPS) is 11.0. The molecule has 0 saturated heterocycles. The van der Waals surface area contributed by atoms with Crippen molar-refractivity contribution in [2.45, 2.75) is 51.9 Å². The molecule has 0 aromatic heterocycles. The number of unbranched alkanes of at least 4 members (excludes halogenated alkanes) is 6. The van der Waals surface area contributed by atoms with Crippen LogP contribution in [-0.2, 0) is 0 Å². The summed E-state index contributed by atoms with van der Waals surface area (Å²) >= 11 is 3.55. The molecule has 0 aliphatic rings. The van der Waals surface area contributed by atoms with Crippen LogP contribution in [0.2, 0.25) is 0 Å². The molecule has 2 aromatic carbocycles. The van der Waals surface area contributed by atoms with Gasteiger partial charge in [-0.25, -0.2) is 0 Å². The van der Waals surface area contributed by atoms with E-state index in [0.29, 0.717) is 5.69 Å². The molecule has 7 heteroatoms. The number of rotatable bonds is 13. The molecule has 0 heterocycles. The van der Waals surface area contributed by atoms with Crippen molar-refractivity contribution < 1.29 is 9.66 Å². The molecule has 6 nitrogen and oxygen atoms in total. The molecule has 0 aliphatic carbocycles. The fourth-order valence-corrected chi connectivity index (χ4v) is 3.31. The minimum absolute atomic E-state index is 0.0514. The van der Waals surface area contributed by atoms with Crippen molar-refractivity contribution in [1.29, 1.82) is 0 Å². The van der Waals surface area contributed by atoms with E-state index in [2.05, 4.69) is 33.4 Å². The third-order valence-corrected chi connectivity index (χ3v) is 5.07. The van der Waals surface area contributed by atoms with Crippen LogP contribution in [0.15, 0.2) is 52.0 Å². The Kier molecular flexibility index (Phi) is 10.2. The Morgan fingerprint density at radius 1 is 1.07 bits per heavy atom. The summed E-state index contributed by atoms with van der Waals surface area (Å²) in [7, 11) is 0. The van der Waals surface area contributed by atoms with E-state index in [4.69, 9.17) is 4.74 Å². The number of nitro benzene ring substituents is 1. The Morgan fingerprint density at radius 3 is 2.41 bits per heavy atom. The highest BCUT2D eigenvalue weighted by atomic mass is 79.9. The molecule has 0 saturated carbocycles. The van der Waals surface area contributed by atoms with Crippen LogP contribution in [0.5, 0.6) is 5.75 Å². The van der Waals surface area contributed by atoms with Gasteiger partial charge in [0.25, 0.3) is 5.69 Å². The second-order valence-corrected chi connectivity index (χ2v) is 7.69. The molecule has 0 aliphatic heterocycles. The van der Waals surface area contributed by atoms with Crippen molar-refractivity contribution in [3.63, 3.8) is 0 Å². The van der Waals surface area contributed by atoms with Gasteiger partial charge in [0.15, 0.2) is 0 Å². The lowest BCUT2D eigenvalue weighted by atomic mass is 10.1. The fraction of sp³-hybridized carbons (Fsp3) is 0.409. The van der Waals surface area contributed by atoms with E-state index in [1.807, 2.05) is 18.2 Å². The van der Waals surface area contributed by atoms with Crippen LogP contribution in [0.3, 0.4) is 0 Å². The number of hydrazone groups is 1. The molecule has 29 heavy (non-hydrogen) atoms. The number of anilines is 1. The monoisotopic (exact) mass is 461 g/mol. The van der Waals surface area contributed by atoms with Crippen LogP contribution in [0.1, 0.15) is 57.4 Å². The first-order valence-electron chi connectivity index (χ1n) is 10.1. The first-order valence-corrected chi connectivity index (χ1v) is 10.9. The van der Waals surface area contributed by atoms with Gasteiger partial charge in [-0.15, -0.1) is 0 Å². The summed E-state index contributed by atoms with van der Waals surface area (Å²) in [5, 5.41) is 14.8. The topological polar surface area (TPSA) is 76.8 Å². The van der Waals surface area contributed by atoms with E-state index < -0.39 is 4.92 Å². The summed E-state index contributed by atoms with van der Waals surface area (Å²) in [6.07, 6.45) is 10.5. The summed E-state index contributed by atoms with van der Waals surface area (Å²) in [6.45, 7) is 2.96. The first-order chi connectivity index (χ1) is 14.1. The number of hydrogen-bond donors (Lipinski definition) is 1. The zero-order valence-electron chi connectivity index (χ0n) is 16.8. The lowest BCUT2D eigenvalue weighted by Crippen LogP contribution is -1.98. The van der Waals surface area contributed by atoms with Gasteiger partial charge in [-0.2, -0.15) is 5.10 Å². The third-order valence-electron chi connectivity index (χ3n) is 4.45. The van der Waals surface area contributed by atoms with Gasteiger partial charge in [-0.1, -0.05) is 45.4 Å². The standard InChI is InChI=1S/C22H28BrN3O3/c1-2-3-4-5-6-7-8-15-29-22-14-9-18(16-21(22)23)17-24-25-19-10-12-20(13-11-19)26(27)28/h9-14,16-17,25H,2-8,15H2,1H3. The molecular formula is C22H28BrN3O3. The maximum absolute atomic E-state index is 10.7. The van der Waals surface area contributed by atoms with Gasteiger partial charge >= 0.3 is 0 Å². The van der Waals surface area contributed by atoms with Gasteiger partial charge in [0.05, 0.1) is 27.9 Å². The molecule has 0 radical (unpaired) electrons. The van der Waals surface area contributed by atoms with E-state index in [9.17, 15) is 10.1 Å². The van der Waals surface area contributed by atoms with Gasteiger partial charge in [-0.3, -0.25) is 15.5 Å². The lowest BCUT2D eigenvalue weighted by Gasteiger charge is -2.09. The van der Waals surface area contributed by atoms with Crippen molar-refractivity contribution in [3.8, 4) is 5.75 Å². The van der Waals surface area contributed by atoms with Gasteiger partial charge in [-0.05, 0) is 58.2 Å². The smallest absolute Gasteiger partial charge is 0.269 e. The van der Waals surface area contributed by atoms with E-state index in [-0.39, 0.29) is 5.69 Å². The third kappa shape index (κ3) is 8.64.